The molecule has 0 aliphatic heterocycles. The van der Waals surface area contributed by atoms with E-state index < -0.39 is 0 Å². The summed E-state index contributed by atoms with van der Waals surface area (Å²) in [5, 5.41) is 0. The third-order valence-corrected chi connectivity index (χ3v) is 3.74. The van der Waals surface area contributed by atoms with Crippen molar-refractivity contribution in [2.45, 2.75) is 71.8 Å². The van der Waals surface area contributed by atoms with Crippen LogP contribution in [0.25, 0.3) is 0 Å². The fourth-order valence-corrected chi connectivity index (χ4v) is 2.25. The Bertz CT molecular complexity index is 298. The molecule has 0 aliphatic carbocycles. The highest BCUT2D eigenvalue weighted by Crippen LogP contribution is 2.03. The lowest BCUT2D eigenvalue weighted by molar-refractivity contribution is -0.144. The van der Waals surface area contributed by atoms with Crippen LogP contribution in [0.2, 0.25) is 0 Å². The predicted molar refractivity (Wildman–Crippen MR) is 102 cm³/mol. The van der Waals surface area contributed by atoms with Crippen LogP contribution in [0.3, 0.4) is 0 Å². The van der Waals surface area contributed by atoms with Crippen molar-refractivity contribution in [3.63, 3.8) is 0 Å². The summed E-state index contributed by atoms with van der Waals surface area (Å²) < 4.78 is 26.9. The van der Waals surface area contributed by atoms with Crippen molar-refractivity contribution in [3.05, 3.63) is 0 Å². The van der Waals surface area contributed by atoms with Gasteiger partial charge in [0.15, 0.2) is 0 Å². The van der Waals surface area contributed by atoms with E-state index in [0.29, 0.717) is 65.7 Å². The minimum atomic E-state index is -0.127. The number of unbranched alkanes of at least 4 members (excludes halogenated alkanes) is 4. The van der Waals surface area contributed by atoms with Crippen molar-refractivity contribution in [1.29, 1.82) is 0 Å². The second kappa shape index (κ2) is 20.6. The maximum absolute atomic E-state index is 11.6. The second-order valence-electron chi connectivity index (χ2n) is 6.30. The molecule has 0 spiro atoms. The summed E-state index contributed by atoms with van der Waals surface area (Å²) >= 11 is 0. The van der Waals surface area contributed by atoms with E-state index in [1.807, 2.05) is 13.8 Å². The zero-order chi connectivity index (χ0) is 19.3. The molecule has 156 valence electrons. The summed E-state index contributed by atoms with van der Waals surface area (Å²) in [5.74, 6) is -0.127. The minimum absolute atomic E-state index is 0.0348. The van der Waals surface area contributed by atoms with E-state index in [1.54, 1.807) is 0 Å². The molecular weight excluding hydrogens is 336 g/mol. The van der Waals surface area contributed by atoms with Crippen molar-refractivity contribution < 1.29 is 28.5 Å². The van der Waals surface area contributed by atoms with Crippen LogP contribution in [0, 0.1) is 0 Å². The monoisotopic (exact) mass is 376 g/mol. The Labute approximate surface area is 159 Å². The van der Waals surface area contributed by atoms with E-state index >= 15 is 0 Å². The standard InChI is InChI=1S/C20H40O6/c1-4-6-7-8-9-13-26-20(21)11-10-12-23-16-17-25-19(3)18-24-15-14-22-5-2/h19H,4-18H2,1-3H3. The van der Waals surface area contributed by atoms with Gasteiger partial charge in [0.25, 0.3) is 0 Å². The Balaban J connectivity index is 3.25. The van der Waals surface area contributed by atoms with Gasteiger partial charge in [-0.2, -0.15) is 0 Å². The Hall–Kier alpha value is -0.690. The van der Waals surface area contributed by atoms with Gasteiger partial charge in [0, 0.05) is 19.6 Å². The molecule has 0 fully saturated rings. The number of ether oxygens (including phenoxy) is 5. The maximum Gasteiger partial charge on any atom is 0.305 e. The molecule has 1 unspecified atom stereocenters. The molecule has 26 heavy (non-hydrogen) atoms. The van der Waals surface area contributed by atoms with Gasteiger partial charge in [-0.3, -0.25) is 4.79 Å². The highest BCUT2D eigenvalue weighted by Gasteiger charge is 2.04. The fourth-order valence-electron chi connectivity index (χ4n) is 2.25. The number of hydrogen-bond acceptors (Lipinski definition) is 6. The van der Waals surface area contributed by atoms with Crippen LogP contribution in [0.15, 0.2) is 0 Å². The summed E-state index contributed by atoms with van der Waals surface area (Å²) in [5.41, 5.74) is 0. The quantitative estimate of drug-likeness (QED) is 0.238. The first kappa shape index (κ1) is 25.3. The zero-order valence-corrected chi connectivity index (χ0v) is 17.1. The van der Waals surface area contributed by atoms with Crippen molar-refractivity contribution in [3.8, 4) is 0 Å². The molecule has 1 atom stereocenters. The third kappa shape index (κ3) is 19.6. The second-order valence-corrected chi connectivity index (χ2v) is 6.30. The Morgan fingerprint density at radius 1 is 0.769 bits per heavy atom. The van der Waals surface area contributed by atoms with Crippen LogP contribution in [0.5, 0.6) is 0 Å². The lowest BCUT2D eigenvalue weighted by atomic mass is 10.2. The lowest BCUT2D eigenvalue weighted by Crippen LogP contribution is -2.20. The average Bonchev–Trinajstić information content (AvgIpc) is 2.63. The SMILES string of the molecule is CCCCCCCOC(=O)CCCOCCOC(C)COCCOCC. The first-order valence-electron chi connectivity index (χ1n) is 10.2. The van der Waals surface area contributed by atoms with Gasteiger partial charge in [-0.05, 0) is 26.7 Å². The van der Waals surface area contributed by atoms with Gasteiger partial charge in [0.1, 0.15) is 0 Å². The number of hydrogen-bond donors (Lipinski definition) is 0. The minimum Gasteiger partial charge on any atom is -0.466 e. The third-order valence-electron chi connectivity index (χ3n) is 3.74. The van der Waals surface area contributed by atoms with Gasteiger partial charge in [-0.15, -0.1) is 0 Å². The molecule has 0 N–H and O–H groups in total. The van der Waals surface area contributed by atoms with Gasteiger partial charge in [0.2, 0.25) is 0 Å². The van der Waals surface area contributed by atoms with Crippen LogP contribution < -0.4 is 0 Å². The van der Waals surface area contributed by atoms with Gasteiger partial charge >= 0.3 is 5.97 Å². The molecule has 0 rings (SSSR count). The van der Waals surface area contributed by atoms with E-state index in [1.165, 1.54) is 19.3 Å². The molecule has 0 radical (unpaired) electrons. The molecule has 0 bridgehead atoms. The highest BCUT2D eigenvalue weighted by atomic mass is 16.6. The molecule has 0 amide bonds. The Morgan fingerprint density at radius 2 is 1.50 bits per heavy atom. The van der Waals surface area contributed by atoms with E-state index in [2.05, 4.69) is 6.92 Å². The van der Waals surface area contributed by atoms with Crippen LogP contribution in [-0.4, -0.2) is 64.9 Å². The molecule has 0 aliphatic rings. The van der Waals surface area contributed by atoms with E-state index in [0.717, 1.165) is 12.8 Å². The van der Waals surface area contributed by atoms with Gasteiger partial charge in [0.05, 0.1) is 45.7 Å². The summed E-state index contributed by atoms with van der Waals surface area (Å²) in [4.78, 5) is 11.6. The summed E-state index contributed by atoms with van der Waals surface area (Å²) in [6.07, 6.45) is 6.95. The van der Waals surface area contributed by atoms with E-state index in [4.69, 9.17) is 23.7 Å². The van der Waals surface area contributed by atoms with Crippen molar-refractivity contribution in [2.24, 2.45) is 0 Å². The van der Waals surface area contributed by atoms with Crippen LogP contribution in [0.4, 0.5) is 0 Å². The van der Waals surface area contributed by atoms with E-state index in [9.17, 15) is 4.79 Å². The molecule has 6 nitrogen and oxygen atoms in total. The largest absolute Gasteiger partial charge is 0.466 e. The van der Waals surface area contributed by atoms with E-state index in [-0.39, 0.29) is 12.1 Å². The first-order chi connectivity index (χ1) is 12.7. The van der Waals surface area contributed by atoms with Crippen molar-refractivity contribution >= 4 is 5.97 Å². The van der Waals surface area contributed by atoms with Crippen LogP contribution in [-0.2, 0) is 28.5 Å². The number of esters is 1. The molecule has 6 heteroatoms. The molecule has 0 saturated heterocycles. The maximum atomic E-state index is 11.6. The number of carbonyl (C=O) groups is 1. The lowest BCUT2D eigenvalue weighted by Gasteiger charge is -2.13. The van der Waals surface area contributed by atoms with Crippen LogP contribution >= 0.6 is 0 Å². The average molecular weight is 377 g/mol. The first-order valence-corrected chi connectivity index (χ1v) is 10.2. The smallest absolute Gasteiger partial charge is 0.305 e. The predicted octanol–water partition coefficient (Wildman–Crippen LogP) is 3.76. The molecule has 0 aromatic heterocycles. The Morgan fingerprint density at radius 3 is 2.27 bits per heavy atom. The molecular formula is C20H40O6. The number of carbonyl (C=O) groups excluding carboxylic acids is 1. The summed E-state index contributed by atoms with van der Waals surface area (Å²) in [6, 6.07) is 0. The molecule has 0 saturated carbocycles. The van der Waals surface area contributed by atoms with Crippen LogP contribution in [0.1, 0.15) is 65.7 Å². The topological polar surface area (TPSA) is 63.2 Å². The summed E-state index contributed by atoms with van der Waals surface area (Å²) in [6.45, 7) is 10.7. The molecule has 0 heterocycles. The molecule has 0 aromatic carbocycles. The van der Waals surface area contributed by atoms with Gasteiger partial charge < -0.3 is 23.7 Å². The zero-order valence-electron chi connectivity index (χ0n) is 17.1. The highest BCUT2D eigenvalue weighted by molar-refractivity contribution is 5.69. The molecule has 0 aromatic rings. The van der Waals surface area contributed by atoms with Crippen molar-refractivity contribution in [1.82, 2.24) is 0 Å². The normalized spacial score (nSPS) is 12.3. The fraction of sp³-hybridized carbons (Fsp3) is 0.950. The van der Waals surface area contributed by atoms with Gasteiger partial charge in [-0.25, -0.2) is 0 Å². The Kier molecular flexibility index (Phi) is 20.1. The number of rotatable bonds is 20. The van der Waals surface area contributed by atoms with Gasteiger partial charge in [-0.1, -0.05) is 32.6 Å². The summed E-state index contributed by atoms with van der Waals surface area (Å²) in [7, 11) is 0. The van der Waals surface area contributed by atoms with Crippen molar-refractivity contribution in [2.75, 3.05) is 52.9 Å².